The third-order valence-electron chi connectivity index (χ3n) is 2.71. The molecular formula is C10H18BrNO2. The predicted octanol–water partition coefficient (Wildman–Crippen LogP) is 1.83. The molecule has 0 amide bonds. The molecule has 2 N–H and O–H groups in total. The minimum atomic E-state index is -0.491. The number of carbonyl (C=O) groups is 1. The quantitative estimate of drug-likeness (QED) is 0.622. The summed E-state index contributed by atoms with van der Waals surface area (Å²) in [6.07, 6.45) is 4.46. The van der Waals surface area contributed by atoms with E-state index < -0.39 is 6.04 Å². The van der Waals surface area contributed by atoms with Gasteiger partial charge >= 0.3 is 5.97 Å². The van der Waals surface area contributed by atoms with Crippen LogP contribution in [0.15, 0.2) is 0 Å². The highest BCUT2D eigenvalue weighted by Crippen LogP contribution is 2.21. The smallest absolute Gasteiger partial charge is 0.323 e. The van der Waals surface area contributed by atoms with Crippen molar-refractivity contribution in [1.82, 2.24) is 0 Å². The average molecular weight is 264 g/mol. The summed E-state index contributed by atoms with van der Waals surface area (Å²) in [6, 6.07) is -0.491. The molecule has 0 spiro atoms. The number of carbonyl (C=O) groups excluding carboxylic acids is 1. The molecule has 3 nitrogen and oxygen atoms in total. The van der Waals surface area contributed by atoms with Gasteiger partial charge < -0.3 is 10.5 Å². The largest absolute Gasteiger partial charge is 0.461 e. The lowest BCUT2D eigenvalue weighted by Gasteiger charge is -2.19. The van der Waals surface area contributed by atoms with Gasteiger partial charge in [0.2, 0.25) is 0 Å². The Hall–Kier alpha value is -0.0900. The van der Waals surface area contributed by atoms with Crippen LogP contribution in [0, 0.1) is 5.92 Å². The molecule has 14 heavy (non-hydrogen) atoms. The van der Waals surface area contributed by atoms with Gasteiger partial charge in [0.25, 0.3) is 0 Å². The molecule has 0 aromatic heterocycles. The number of hydrogen-bond donors (Lipinski definition) is 1. The Morgan fingerprint density at radius 1 is 1.57 bits per heavy atom. The maximum absolute atomic E-state index is 11.5. The fourth-order valence-corrected chi connectivity index (χ4v) is 1.98. The van der Waals surface area contributed by atoms with Gasteiger partial charge in [-0.05, 0) is 31.6 Å². The standard InChI is InChI=1S/C10H18BrNO2/c1-7(6-11)9(12)10(13)14-8-4-2-3-5-8/h7-9H,2-6,12H2,1H3. The van der Waals surface area contributed by atoms with Crippen molar-refractivity contribution in [3.63, 3.8) is 0 Å². The Bertz CT molecular complexity index is 193. The fraction of sp³-hybridized carbons (Fsp3) is 0.900. The zero-order valence-corrected chi connectivity index (χ0v) is 10.1. The normalized spacial score (nSPS) is 21.9. The van der Waals surface area contributed by atoms with Crippen molar-refractivity contribution in [3.05, 3.63) is 0 Å². The number of rotatable bonds is 4. The van der Waals surface area contributed by atoms with Gasteiger partial charge in [-0.3, -0.25) is 4.79 Å². The van der Waals surface area contributed by atoms with E-state index in [1.54, 1.807) is 0 Å². The molecule has 0 aromatic rings. The Balaban J connectivity index is 2.32. The van der Waals surface area contributed by atoms with E-state index in [0.29, 0.717) is 0 Å². The lowest BCUT2D eigenvalue weighted by molar-refractivity contribution is -0.151. The van der Waals surface area contributed by atoms with Gasteiger partial charge in [-0.1, -0.05) is 22.9 Å². The highest BCUT2D eigenvalue weighted by atomic mass is 79.9. The number of ether oxygens (including phenoxy) is 1. The van der Waals surface area contributed by atoms with Crippen molar-refractivity contribution < 1.29 is 9.53 Å². The molecule has 0 saturated heterocycles. The number of esters is 1. The summed E-state index contributed by atoms with van der Waals surface area (Å²) in [6.45, 7) is 1.94. The molecule has 0 heterocycles. The van der Waals surface area contributed by atoms with E-state index in [9.17, 15) is 4.79 Å². The molecule has 1 rings (SSSR count). The Morgan fingerprint density at radius 2 is 2.14 bits per heavy atom. The summed E-state index contributed by atoms with van der Waals surface area (Å²) in [5.41, 5.74) is 5.74. The van der Waals surface area contributed by atoms with Crippen LogP contribution in [0.5, 0.6) is 0 Å². The van der Waals surface area contributed by atoms with Crippen LogP contribution in [-0.2, 0) is 9.53 Å². The zero-order valence-electron chi connectivity index (χ0n) is 8.54. The van der Waals surface area contributed by atoms with E-state index in [1.807, 2.05) is 6.92 Å². The van der Waals surface area contributed by atoms with E-state index >= 15 is 0 Å². The van der Waals surface area contributed by atoms with Gasteiger partial charge in [0.15, 0.2) is 0 Å². The maximum atomic E-state index is 11.5. The van der Waals surface area contributed by atoms with E-state index in [1.165, 1.54) is 12.8 Å². The van der Waals surface area contributed by atoms with Crippen LogP contribution in [0.25, 0.3) is 0 Å². The monoisotopic (exact) mass is 263 g/mol. The first-order valence-corrected chi connectivity index (χ1v) is 6.29. The molecule has 2 atom stereocenters. The zero-order chi connectivity index (χ0) is 10.6. The van der Waals surface area contributed by atoms with Crippen LogP contribution in [0.1, 0.15) is 32.6 Å². The molecule has 0 aromatic carbocycles. The molecule has 0 radical (unpaired) electrons. The van der Waals surface area contributed by atoms with Crippen LogP contribution in [0.2, 0.25) is 0 Å². The fourth-order valence-electron chi connectivity index (χ4n) is 1.58. The predicted molar refractivity (Wildman–Crippen MR) is 59.3 cm³/mol. The second-order valence-corrected chi connectivity index (χ2v) is 4.65. The van der Waals surface area contributed by atoms with Crippen molar-refractivity contribution in [2.45, 2.75) is 44.8 Å². The number of hydrogen-bond acceptors (Lipinski definition) is 3. The number of halogens is 1. The molecule has 1 aliphatic carbocycles. The van der Waals surface area contributed by atoms with Crippen LogP contribution < -0.4 is 5.73 Å². The summed E-state index contributed by atoms with van der Waals surface area (Å²) in [5, 5.41) is 0.730. The van der Waals surface area contributed by atoms with Gasteiger partial charge in [-0.25, -0.2) is 0 Å². The minimum absolute atomic E-state index is 0.121. The van der Waals surface area contributed by atoms with Crippen molar-refractivity contribution in [1.29, 1.82) is 0 Å². The average Bonchev–Trinajstić information content (AvgIpc) is 2.68. The molecule has 82 valence electrons. The Morgan fingerprint density at radius 3 is 2.64 bits per heavy atom. The number of alkyl halides is 1. The van der Waals surface area contributed by atoms with E-state index in [4.69, 9.17) is 10.5 Å². The van der Waals surface area contributed by atoms with Gasteiger partial charge in [0.05, 0.1) is 0 Å². The highest BCUT2D eigenvalue weighted by Gasteiger charge is 2.26. The van der Waals surface area contributed by atoms with Gasteiger partial charge in [0.1, 0.15) is 12.1 Å². The summed E-state index contributed by atoms with van der Waals surface area (Å²) in [7, 11) is 0. The van der Waals surface area contributed by atoms with Crippen molar-refractivity contribution in [3.8, 4) is 0 Å². The Labute approximate surface area is 93.5 Å². The van der Waals surface area contributed by atoms with E-state index in [-0.39, 0.29) is 18.0 Å². The molecule has 0 aliphatic heterocycles. The van der Waals surface area contributed by atoms with Crippen molar-refractivity contribution in [2.75, 3.05) is 5.33 Å². The summed E-state index contributed by atoms with van der Waals surface area (Å²) in [4.78, 5) is 11.5. The summed E-state index contributed by atoms with van der Waals surface area (Å²) >= 11 is 3.31. The summed E-state index contributed by atoms with van der Waals surface area (Å²) < 4.78 is 5.31. The second-order valence-electron chi connectivity index (χ2n) is 4.00. The first kappa shape index (κ1) is 12.0. The lowest BCUT2D eigenvalue weighted by atomic mass is 10.1. The van der Waals surface area contributed by atoms with Gasteiger partial charge in [0, 0.05) is 5.33 Å². The van der Waals surface area contributed by atoms with Gasteiger partial charge in [-0.2, -0.15) is 0 Å². The lowest BCUT2D eigenvalue weighted by Crippen LogP contribution is -2.40. The maximum Gasteiger partial charge on any atom is 0.323 e. The first-order valence-electron chi connectivity index (χ1n) is 5.17. The highest BCUT2D eigenvalue weighted by molar-refractivity contribution is 9.09. The van der Waals surface area contributed by atoms with E-state index in [0.717, 1.165) is 18.2 Å². The molecular weight excluding hydrogens is 246 g/mol. The molecule has 1 aliphatic rings. The van der Waals surface area contributed by atoms with Gasteiger partial charge in [-0.15, -0.1) is 0 Å². The molecule has 1 fully saturated rings. The minimum Gasteiger partial charge on any atom is -0.461 e. The molecule has 2 unspecified atom stereocenters. The number of nitrogens with two attached hydrogens (primary N) is 1. The van der Waals surface area contributed by atoms with E-state index in [2.05, 4.69) is 15.9 Å². The molecule has 4 heteroatoms. The van der Waals surface area contributed by atoms with Crippen LogP contribution in [-0.4, -0.2) is 23.4 Å². The van der Waals surface area contributed by atoms with Crippen LogP contribution in [0.4, 0.5) is 0 Å². The molecule has 1 saturated carbocycles. The van der Waals surface area contributed by atoms with Crippen LogP contribution in [0.3, 0.4) is 0 Å². The first-order chi connectivity index (χ1) is 6.65. The molecule has 0 bridgehead atoms. The summed E-state index contributed by atoms with van der Waals surface area (Å²) in [5.74, 6) is -0.118. The SMILES string of the molecule is CC(CBr)C(N)C(=O)OC1CCCC1. The third kappa shape index (κ3) is 3.24. The Kier molecular flexibility index (Phi) is 4.89. The van der Waals surface area contributed by atoms with Crippen molar-refractivity contribution >= 4 is 21.9 Å². The topological polar surface area (TPSA) is 52.3 Å². The van der Waals surface area contributed by atoms with Crippen molar-refractivity contribution in [2.24, 2.45) is 11.7 Å². The second kappa shape index (κ2) is 5.71. The van der Waals surface area contributed by atoms with Crippen LogP contribution >= 0.6 is 15.9 Å². The third-order valence-corrected chi connectivity index (χ3v) is 3.73.